The van der Waals surface area contributed by atoms with Crippen LogP contribution in [-0.4, -0.2) is 19.6 Å². The average Bonchev–Trinajstić information content (AvgIpc) is 3.26. The van der Waals surface area contributed by atoms with Crippen LogP contribution in [0.4, 0.5) is 0 Å². The van der Waals surface area contributed by atoms with Crippen molar-refractivity contribution in [3.63, 3.8) is 0 Å². The molecule has 0 saturated heterocycles. The van der Waals surface area contributed by atoms with Gasteiger partial charge in [0, 0.05) is 43.7 Å². The van der Waals surface area contributed by atoms with Gasteiger partial charge in [-0.1, -0.05) is 88.7 Å². The van der Waals surface area contributed by atoms with Crippen LogP contribution in [0.3, 0.4) is 0 Å². The second kappa shape index (κ2) is 11.3. The van der Waals surface area contributed by atoms with E-state index < -0.39 is 0 Å². The van der Waals surface area contributed by atoms with Crippen LogP contribution in [0.5, 0.6) is 5.75 Å². The monoisotopic (exact) mass is 719 g/mol. The molecule has 0 aliphatic heterocycles. The van der Waals surface area contributed by atoms with Gasteiger partial charge in [0.2, 0.25) is 0 Å². The Kier molecular flexibility index (Phi) is 7.90. The minimum atomic E-state index is -0.176. The molecule has 210 valence electrons. The van der Waals surface area contributed by atoms with Gasteiger partial charge in [0.25, 0.3) is 0 Å². The minimum Gasteiger partial charge on any atom is -0.515 e. The van der Waals surface area contributed by atoms with E-state index in [1.54, 1.807) is 0 Å². The number of phenols is 1. The summed E-state index contributed by atoms with van der Waals surface area (Å²) in [6.07, 6.45) is 2.75. The standard InChI is InChI=1S/C36H34N3O.Pt/c1-23(2)19-24-20-25(27-12-8-14-30(34(27)40)36(3,4)5)22-26(21-24)31-15-9-17-33(38-31)39-32-16-7-6-11-28(32)29-13-10-18-37-35(29)39;/h6-18,20-21,23,40H,19H2,1-5H3;/q-1;. The maximum absolute atomic E-state index is 11.3. The maximum Gasteiger partial charge on any atom is 0.146 e. The minimum absolute atomic E-state index is 0. The van der Waals surface area contributed by atoms with Crippen LogP contribution in [0.2, 0.25) is 0 Å². The Hall–Kier alpha value is -3.75. The first kappa shape index (κ1) is 28.8. The van der Waals surface area contributed by atoms with Gasteiger partial charge in [-0.25, -0.2) is 4.98 Å². The van der Waals surface area contributed by atoms with Crippen molar-refractivity contribution in [3.8, 4) is 34.0 Å². The molecule has 0 spiro atoms. The number of phenolic OH excluding ortho intramolecular Hbond substituents is 1. The average molecular weight is 720 g/mol. The van der Waals surface area contributed by atoms with E-state index in [9.17, 15) is 5.11 Å². The smallest absolute Gasteiger partial charge is 0.146 e. The molecular weight excluding hydrogens is 685 g/mol. The molecule has 0 fully saturated rings. The van der Waals surface area contributed by atoms with Crippen LogP contribution in [-0.2, 0) is 32.9 Å². The number of pyridine rings is 2. The molecule has 0 atom stereocenters. The molecule has 0 aliphatic rings. The Balaban J connectivity index is 0.00000337. The Labute approximate surface area is 256 Å². The third-order valence-electron chi connectivity index (χ3n) is 7.38. The summed E-state index contributed by atoms with van der Waals surface area (Å²) in [6.45, 7) is 10.8. The van der Waals surface area contributed by atoms with Crippen LogP contribution in [0, 0.1) is 12.0 Å². The van der Waals surface area contributed by atoms with E-state index in [1.807, 2.05) is 48.7 Å². The number of hydrogen-bond acceptors (Lipinski definition) is 3. The molecule has 6 rings (SSSR count). The normalized spacial score (nSPS) is 11.8. The van der Waals surface area contributed by atoms with E-state index in [0.717, 1.165) is 62.1 Å². The van der Waals surface area contributed by atoms with E-state index in [1.165, 1.54) is 5.56 Å². The number of nitrogens with zero attached hydrogens (tertiary/aromatic N) is 3. The summed E-state index contributed by atoms with van der Waals surface area (Å²) in [5.41, 5.74) is 7.31. The number of fused-ring (bicyclic) bond motifs is 3. The summed E-state index contributed by atoms with van der Waals surface area (Å²) in [5.74, 6) is 1.61. The Morgan fingerprint density at radius 3 is 2.37 bits per heavy atom. The molecule has 0 unspecified atom stereocenters. The maximum atomic E-state index is 11.3. The van der Waals surface area contributed by atoms with Crippen molar-refractivity contribution >= 4 is 21.9 Å². The van der Waals surface area contributed by atoms with Crippen LogP contribution in [0.1, 0.15) is 45.7 Å². The van der Waals surface area contributed by atoms with Gasteiger partial charge in [0.05, 0.1) is 11.3 Å². The van der Waals surface area contributed by atoms with E-state index in [4.69, 9.17) is 9.97 Å². The predicted molar refractivity (Wildman–Crippen MR) is 165 cm³/mol. The first-order chi connectivity index (χ1) is 19.2. The molecule has 0 bridgehead atoms. The third-order valence-corrected chi connectivity index (χ3v) is 7.38. The van der Waals surface area contributed by atoms with Crippen molar-refractivity contribution in [1.29, 1.82) is 0 Å². The van der Waals surface area contributed by atoms with Gasteiger partial charge in [-0.05, 0) is 53.1 Å². The Bertz CT molecular complexity index is 1810. The molecule has 0 amide bonds. The van der Waals surface area contributed by atoms with E-state index >= 15 is 0 Å². The number of benzene rings is 3. The molecule has 0 aliphatic carbocycles. The van der Waals surface area contributed by atoms with Crippen molar-refractivity contribution in [2.75, 3.05) is 0 Å². The fourth-order valence-corrected chi connectivity index (χ4v) is 5.59. The molecule has 3 heterocycles. The molecule has 0 saturated carbocycles. The quantitative estimate of drug-likeness (QED) is 0.181. The van der Waals surface area contributed by atoms with Crippen LogP contribution < -0.4 is 0 Å². The zero-order chi connectivity index (χ0) is 28.0. The molecule has 4 nitrogen and oxygen atoms in total. The summed E-state index contributed by atoms with van der Waals surface area (Å²) in [4.78, 5) is 9.87. The molecular formula is C36H34N3OPt-. The van der Waals surface area contributed by atoms with Crippen LogP contribution in [0.15, 0.2) is 91.1 Å². The zero-order valence-corrected chi connectivity index (χ0v) is 26.3. The molecule has 1 N–H and O–H groups in total. The van der Waals surface area contributed by atoms with Gasteiger partial charge < -0.3 is 5.11 Å². The summed E-state index contributed by atoms with van der Waals surface area (Å²) in [6, 6.07) is 32.5. The van der Waals surface area contributed by atoms with E-state index in [0.29, 0.717) is 11.7 Å². The summed E-state index contributed by atoms with van der Waals surface area (Å²) in [7, 11) is 0. The van der Waals surface area contributed by atoms with E-state index in [2.05, 4.69) is 87.7 Å². The van der Waals surface area contributed by atoms with Crippen molar-refractivity contribution in [3.05, 3.63) is 108 Å². The van der Waals surface area contributed by atoms with Gasteiger partial charge in [0.1, 0.15) is 11.5 Å². The first-order valence-electron chi connectivity index (χ1n) is 13.9. The molecule has 41 heavy (non-hydrogen) atoms. The number of rotatable bonds is 5. The zero-order valence-electron chi connectivity index (χ0n) is 24.0. The molecule has 0 radical (unpaired) electrons. The van der Waals surface area contributed by atoms with Gasteiger partial charge in [-0.3, -0.25) is 9.55 Å². The van der Waals surface area contributed by atoms with Crippen LogP contribution >= 0.6 is 0 Å². The number of aromatic nitrogens is 3. The largest absolute Gasteiger partial charge is 0.515 e. The summed E-state index contributed by atoms with van der Waals surface area (Å²) >= 11 is 0. The van der Waals surface area contributed by atoms with Gasteiger partial charge in [0.15, 0.2) is 0 Å². The second-order valence-corrected chi connectivity index (χ2v) is 12.0. The Morgan fingerprint density at radius 2 is 1.59 bits per heavy atom. The first-order valence-corrected chi connectivity index (χ1v) is 13.9. The van der Waals surface area contributed by atoms with Gasteiger partial charge in [-0.2, -0.15) is 0 Å². The van der Waals surface area contributed by atoms with Crippen molar-refractivity contribution in [2.45, 2.75) is 46.5 Å². The number of aromatic hydroxyl groups is 1. The molecule has 5 heteroatoms. The second-order valence-electron chi connectivity index (χ2n) is 12.0. The fraction of sp³-hybridized carbons (Fsp3) is 0.222. The topological polar surface area (TPSA) is 50.9 Å². The molecule has 3 aromatic heterocycles. The van der Waals surface area contributed by atoms with Crippen molar-refractivity contribution in [2.24, 2.45) is 5.92 Å². The van der Waals surface area contributed by atoms with Crippen LogP contribution in [0.25, 0.3) is 50.1 Å². The third kappa shape index (κ3) is 5.46. The summed E-state index contributed by atoms with van der Waals surface area (Å²) < 4.78 is 2.13. The fourth-order valence-electron chi connectivity index (χ4n) is 5.59. The molecule has 6 aromatic rings. The van der Waals surface area contributed by atoms with Gasteiger partial charge >= 0.3 is 0 Å². The Morgan fingerprint density at radius 1 is 0.854 bits per heavy atom. The van der Waals surface area contributed by atoms with Crippen molar-refractivity contribution < 1.29 is 26.2 Å². The van der Waals surface area contributed by atoms with E-state index in [-0.39, 0.29) is 26.5 Å². The SMILES string of the molecule is CC(C)Cc1cc(-c2cccc(-n3c4ccccc4c4cccnc43)n2)[c-]c(-c2cccc(C(C)(C)C)c2O)c1.[Pt]. The molecule has 3 aromatic carbocycles. The number of hydrogen-bond donors (Lipinski definition) is 1. The summed E-state index contributed by atoms with van der Waals surface area (Å²) in [5, 5.41) is 13.6. The van der Waals surface area contributed by atoms with Crippen molar-refractivity contribution in [1.82, 2.24) is 14.5 Å². The van der Waals surface area contributed by atoms with Gasteiger partial charge in [-0.15, -0.1) is 29.3 Å². The predicted octanol–water partition coefficient (Wildman–Crippen LogP) is 8.91. The number of para-hydroxylation sites is 2.